The van der Waals surface area contributed by atoms with Gasteiger partial charge < -0.3 is 4.74 Å². The standard InChI is InChI=1S/C26H21Cl2N5O3S/c1-16(18-5-13-23(14-6-18)36-17(2)34)29-30-24(35)15-37-26-32-31-25(19-3-7-20(27)8-4-19)33(26)22-11-9-21(28)10-12-22/h3-14H,15H2,1-2H3,(H,30,35)/b29-16-. The molecule has 11 heteroatoms. The van der Waals surface area contributed by atoms with Gasteiger partial charge in [-0.25, -0.2) is 5.43 Å². The van der Waals surface area contributed by atoms with Crippen LogP contribution in [0.5, 0.6) is 5.75 Å². The number of thioether (sulfide) groups is 1. The molecule has 0 unspecified atom stereocenters. The van der Waals surface area contributed by atoms with Gasteiger partial charge in [-0.2, -0.15) is 5.10 Å². The number of carbonyl (C=O) groups is 2. The van der Waals surface area contributed by atoms with E-state index in [1.165, 1.54) is 18.7 Å². The molecule has 0 atom stereocenters. The van der Waals surface area contributed by atoms with Gasteiger partial charge >= 0.3 is 5.97 Å². The fourth-order valence-corrected chi connectivity index (χ4v) is 4.27. The third-order valence-corrected chi connectivity index (χ3v) is 6.47. The minimum Gasteiger partial charge on any atom is -0.427 e. The van der Waals surface area contributed by atoms with E-state index in [1.807, 2.05) is 28.8 Å². The molecule has 0 aliphatic rings. The second-order valence-electron chi connectivity index (χ2n) is 7.76. The topological polar surface area (TPSA) is 98.5 Å². The van der Waals surface area contributed by atoms with Gasteiger partial charge in [0, 0.05) is 28.2 Å². The molecule has 0 saturated heterocycles. The zero-order valence-electron chi connectivity index (χ0n) is 19.8. The number of ether oxygens (including phenoxy) is 1. The van der Waals surface area contributed by atoms with Crippen molar-refractivity contribution in [2.75, 3.05) is 5.75 Å². The Kier molecular flexibility index (Phi) is 8.60. The number of hydrazone groups is 1. The van der Waals surface area contributed by atoms with Crippen LogP contribution in [0.4, 0.5) is 0 Å². The Labute approximate surface area is 227 Å². The van der Waals surface area contributed by atoms with Gasteiger partial charge in [-0.05, 0) is 85.3 Å². The number of aromatic nitrogens is 3. The number of nitrogens with zero attached hydrogens (tertiary/aromatic N) is 4. The highest BCUT2D eigenvalue weighted by Gasteiger charge is 2.17. The first-order valence-electron chi connectivity index (χ1n) is 11.0. The lowest BCUT2D eigenvalue weighted by Gasteiger charge is -2.10. The lowest BCUT2D eigenvalue weighted by Crippen LogP contribution is -2.21. The third-order valence-electron chi connectivity index (χ3n) is 5.03. The molecule has 0 saturated carbocycles. The van der Waals surface area contributed by atoms with Crippen LogP contribution in [0, 0.1) is 0 Å². The molecule has 0 radical (unpaired) electrons. The van der Waals surface area contributed by atoms with E-state index >= 15 is 0 Å². The summed E-state index contributed by atoms with van der Waals surface area (Å²) in [6.45, 7) is 3.11. The van der Waals surface area contributed by atoms with Gasteiger partial charge in [-0.1, -0.05) is 35.0 Å². The highest BCUT2D eigenvalue weighted by molar-refractivity contribution is 7.99. The lowest BCUT2D eigenvalue weighted by molar-refractivity contribution is -0.131. The maximum Gasteiger partial charge on any atom is 0.308 e. The van der Waals surface area contributed by atoms with Gasteiger partial charge in [0.25, 0.3) is 5.91 Å². The maximum absolute atomic E-state index is 12.5. The van der Waals surface area contributed by atoms with Crippen molar-refractivity contribution in [3.63, 3.8) is 0 Å². The molecule has 3 aromatic carbocycles. The monoisotopic (exact) mass is 553 g/mol. The first-order valence-corrected chi connectivity index (χ1v) is 12.8. The first-order chi connectivity index (χ1) is 17.8. The number of halogens is 2. The molecule has 4 aromatic rings. The van der Waals surface area contributed by atoms with Crippen LogP contribution in [0.25, 0.3) is 17.1 Å². The van der Waals surface area contributed by atoms with Crippen molar-refractivity contribution in [1.29, 1.82) is 0 Å². The molecule has 1 N–H and O–H groups in total. The fraction of sp³-hybridized carbons (Fsp3) is 0.115. The van der Waals surface area contributed by atoms with Crippen molar-refractivity contribution < 1.29 is 14.3 Å². The van der Waals surface area contributed by atoms with Crippen LogP contribution in [0.15, 0.2) is 83.1 Å². The van der Waals surface area contributed by atoms with E-state index in [2.05, 4.69) is 20.7 Å². The van der Waals surface area contributed by atoms with Crippen molar-refractivity contribution in [1.82, 2.24) is 20.2 Å². The Bertz CT molecular complexity index is 1440. The average Bonchev–Trinajstić information content (AvgIpc) is 3.31. The summed E-state index contributed by atoms with van der Waals surface area (Å²) in [5, 5.41) is 14.6. The Morgan fingerprint density at radius 1 is 0.919 bits per heavy atom. The van der Waals surface area contributed by atoms with Gasteiger partial charge in [0.05, 0.1) is 11.5 Å². The Balaban J connectivity index is 1.47. The van der Waals surface area contributed by atoms with Gasteiger partial charge in [0.1, 0.15) is 5.75 Å². The quantitative estimate of drug-likeness (QED) is 0.0972. The van der Waals surface area contributed by atoms with E-state index < -0.39 is 5.97 Å². The minimum absolute atomic E-state index is 0.0640. The van der Waals surface area contributed by atoms with Gasteiger partial charge in [-0.15, -0.1) is 10.2 Å². The Morgan fingerprint density at radius 2 is 1.54 bits per heavy atom. The second-order valence-corrected chi connectivity index (χ2v) is 9.58. The fourth-order valence-electron chi connectivity index (χ4n) is 3.28. The van der Waals surface area contributed by atoms with Crippen molar-refractivity contribution in [2.45, 2.75) is 19.0 Å². The smallest absolute Gasteiger partial charge is 0.308 e. The van der Waals surface area contributed by atoms with Crippen molar-refractivity contribution >= 4 is 52.6 Å². The molecule has 0 bridgehead atoms. The minimum atomic E-state index is -0.393. The first kappa shape index (κ1) is 26.4. The molecule has 1 amide bonds. The number of carbonyl (C=O) groups excluding carboxylic acids is 2. The zero-order chi connectivity index (χ0) is 26.4. The van der Waals surface area contributed by atoms with Crippen LogP contribution in [0.2, 0.25) is 10.0 Å². The summed E-state index contributed by atoms with van der Waals surface area (Å²) in [6.07, 6.45) is 0. The van der Waals surface area contributed by atoms with Crippen LogP contribution in [0.1, 0.15) is 19.4 Å². The molecule has 0 aliphatic heterocycles. The summed E-state index contributed by atoms with van der Waals surface area (Å²) in [5.41, 5.74) is 5.56. The molecule has 4 rings (SSSR count). The molecule has 0 aliphatic carbocycles. The van der Waals surface area contributed by atoms with Gasteiger partial charge in [-0.3, -0.25) is 14.2 Å². The number of hydrogen-bond acceptors (Lipinski definition) is 7. The van der Waals surface area contributed by atoms with E-state index in [-0.39, 0.29) is 11.7 Å². The van der Waals surface area contributed by atoms with E-state index in [0.717, 1.165) is 16.8 Å². The molecule has 0 fully saturated rings. The normalized spacial score (nSPS) is 11.3. The lowest BCUT2D eigenvalue weighted by atomic mass is 10.1. The van der Waals surface area contributed by atoms with Gasteiger partial charge in [0.2, 0.25) is 0 Å². The number of rotatable bonds is 8. The largest absolute Gasteiger partial charge is 0.427 e. The molecule has 8 nitrogen and oxygen atoms in total. The highest BCUT2D eigenvalue weighted by atomic mass is 35.5. The highest BCUT2D eigenvalue weighted by Crippen LogP contribution is 2.29. The zero-order valence-corrected chi connectivity index (χ0v) is 22.1. The van der Waals surface area contributed by atoms with Crippen molar-refractivity contribution in [2.24, 2.45) is 5.10 Å². The average molecular weight is 554 g/mol. The summed E-state index contributed by atoms with van der Waals surface area (Å²) in [5.74, 6) is 0.406. The van der Waals surface area contributed by atoms with Crippen LogP contribution in [-0.2, 0) is 9.59 Å². The van der Waals surface area contributed by atoms with Gasteiger partial charge in [0.15, 0.2) is 11.0 Å². The molecular formula is C26H21Cl2N5O3S. The molecule has 188 valence electrons. The van der Waals surface area contributed by atoms with Crippen LogP contribution >= 0.6 is 35.0 Å². The molecule has 37 heavy (non-hydrogen) atoms. The summed E-state index contributed by atoms with van der Waals surface area (Å²) in [6, 6.07) is 21.4. The summed E-state index contributed by atoms with van der Waals surface area (Å²) >= 11 is 13.3. The Hall–Kier alpha value is -3.66. The van der Waals surface area contributed by atoms with E-state index in [9.17, 15) is 9.59 Å². The number of hydrogen-bond donors (Lipinski definition) is 1. The van der Waals surface area contributed by atoms with Crippen LogP contribution < -0.4 is 10.2 Å². The second kappa shape index (κ2) is 12.1. The molecule has 1 aromatic heterocycles. The van der Waals surface area contributed by atoms with Crippen molar-refractivity contribution in [3.8, 4) is 22.8 Å². The number of esters is 1. The number of amides is 1. The van der Waals surface area contributed by atoms with E-state index in [0.29, 0.717) is 32.5 Å². The summed E-state index contributed by atoms with van der Waals surface area (Å²) in [4.78, 5) is 23.6. The number of nitrogens with one attached hydrogen (secondary N) is 1. The predicted molar refractivity (Wildman–Crippen MR) is 146 cm³/mol. The molecular weight excluding hydrogens is 533 g/mol. The predicted octanol–water partition coefficient (Wildman–Crippen LogP) is 5.80. The molecule has 0 spiro atoms. The third kappa shape index (κ3) is 6.97. The number of benzene rings is 3. The summed E-state index contributed by atoms with van der Waals surface area (Å²) in [7, 11) is 0. The Morgan fingerprint density at radius 3 is 2.16 bits per heavy atom. The van der Waals surface area contributed by atoms with Crippen LogP contribution in [-0.4, -0.2) is 38.1 Å². The van der Waals surface area contributed by atoms with E-state index in [1.54, 1.807) is 55.5 Å². The van der Waals surface area contributed by atoms with Crippen molar-refractivity contribution in [3.05, 3.63) is 88.4 Å². The summed E-state index contributed by atoms with van der Waals surface area (Å²) < 4.78 is 6.88. The van der Waals surface area contributed by atoms with E-state index in [4.69, 9.17) is 27.9 Å². The molecule has 1 heterocycles. The van der Waals surface area contributed by atoms with Crippen LogP contribution in [0.3, 0.4) is 0 Å². The maximum atomic E-state index is 12.5. The SMILES string of the molecule is CC(=O)Oc1ccc(/C(C)=N\NC(=O)CSc2nnc(-c3ccc(Cl)cc3)n2-c2ccc(Cl)cc2)cc1.